The number of carbonyl (C=O) groups excluding carboxylic acids is 2. The zero-order valence-corrected chi connectivity index (χ0v) is 20.1. The van der Waals surface area contributed by atoms with E-state index >= 15 is 0 Å². The highest BCUT2D eigenvalue weighted by Crippen LogP contribution is 2.32. The first-order valence-corrected chi connectivity index (χ1v) is 11.6. The van der Waals surface area contributed by atoms with E-state index in [2.05, 4.69) is 10.4 Å². The highest BCUT2D eigenvalue weighted by Gasteiger charge is 2.26. The van der Waals surface area contributed by atoms with Crippen LogP contribution in [0, 0.1) is 0 Å². The molecule has 8 nitrogen and oxygen atoms in total. The third-order valence-corrected chi connectivity index (χ3v) is 5.74. The molecule has 3 aromatic rings. The second kappa shape index (κ2) is 10.2. The summed E-state index contributed by atoms with van der Waals surface area (Å²) < 4.78 is 12.8. The fourth-order valence-corrected chi connectivity index (χ4v) is 3.98. The first kappa shape index (κ1) is 23.6. The smallest absolute Gasteiger partial charge is 0.257 e. The predicted octanol–water partition coefficient (Wildman–Crippen LogP) is 4.52. The largest absolute Gasteiger partial charge is 0.486 e. The summed E-state index contributed by atoms with van der Waals surface area (Å²) in [4.78, 5) is 27.7. The molecule has 1 aromatic heterocycles. The summed E-state index contributed by atoms with van der Waals surface area (Å²) in [6.45, 7) is 7.10. The van der Waals surface area contributed by atoms with E-state index in [0.29, 0.717) is 47.5 Å². The Morgan fingerprint density at radius 2 is 1.82 bits per heavy atom. The number of nitrogens with zero attached hydrogens (tertiary/aromatic N) is 3. The number of fused-ring (bicyclic) bond motifs is 1. The lowest BCUT2D eigenvalue weighted by atomic mass is 10.0. The Bertz CT molecular complexity index is 1190. The topological polar surface area (TPSA) is 85.7 Å². The van der Waals surface area contributed by atoms with Crippen molar-refractivity contribution in [2.24, 2.45) is 0 Å². The van der Waals surface area contributed by atoms with Gasteiger partial charge in [0.05, 0.1) is 23.1 Å². The van der Waals surface area contributed by atoms with Crippen molar-refractivity contribution >= 4 is 29.1 Å². The molecule has 9 heteroatoms. The third kappa shape index (κ3) is 5.02. The van der Waals surface area contributed by atoms with E-state index in [0.717, 1.165) is 11.4 Å². The number of aromatic nitrogens is 2. The fourth-order valence-electron chi connectivity index (χ4n) is 3.86. The molecule has 0 atom stereocenters. The lowest BCUT2D eigenvalue weighted by Gasteiger charge is -2.22. The van der Waals surface area contributed by atoms with Gasteiger partial charge in [-0.1, -0.05) is 25.4 Å². The molecule has 0 fully saturated rings. The molecule has 2 amide bonds. The predicted molar refractivity (Wildman–Crippen MR) is 130 cm³/mol. The molecule has 0 radical (unpaired) electrons. The maximum absolute atomic E-state index is 13.4. The van der Waals surface area contributed by atoms with Crippen molar-refractivity contribution in [1.82, 2.24) is 14.7 Å². The lowest BCUT2D eigenvalue weighted by Crippen LogP contribution is -2.38. The molecule has 0 unspecified atom stereocenters. The lowest BCUT2D eigenvalue weighted by molar-refractivity contribution is -0.116. The summed E-state index contributed by atoms with van der Waals surface area (Å²) in [5.74, 6) is 0.714. The second-order valence-corrected chi connectivity index (χ2v) is 8.65. The van der Waals surface area contributed by atoms with Crippen molar-refractivity contribution in [3.8, 4) is 17.2 Å². The quantitative estimate of drug-likeness (QED) is 0.535. The Labute approximate surface area is 203 Å². The number of rotatable bonds is 7. The van der Waals surface area contributed by atoms with Crippen LogP contribution in [0.2, 0.25) is 5.02 Å². The number of nitrogens with one attached hydrogen (secondary N) is 1. The number of halogens is 1. The van der Waals surface area contributed by atoms with Gasteiger partial charge in [0.25, 0.3) is 5.91 Å². The van der Waals surface area contributed by atoms with Gasteiger partial charge in [0, 0.05) is 23.3 Å². The molecule has 1 aliphatic rings. The number of hydrogen-bond acceptors (Lipinski definition) is 5. The molecule has 0 saturated heterocycles. The van der Waals surface area contributed by atoms with E-state index in [1.807, 2.05) is 32.9 Å². The number of ether oxygens (including phenoxy) is 2. The van der Waals surface area contributed by atoms with Crippen molar-refractivity contribution in [3.05, 3.63) is 64.9 Å². The average Bonchev–Trinajstić information content (AvgIpc) is 3.28. The Morgan fingerprint density at radius 3 is 2.50 bits per heavy atom. The summed E-state index contributed by atoms with van der Waals surface area (Å²) in [5.41, 5.74) is 2.64. The van der Waals surface area contributed by atoms with Crippen LogP contribution in [0.25, 0.3) is 5.69 Å². The SMILES string of the molecule is CCN(CC(=O)Nc1ccc2c(c1)OCCO2)C(=O)c1cnn(-c2ccc(Cl)cc2)c1C(C)C. The van der Waals surface area contributed by atoms with Crippen molar-refractivity contribution in [2.75, 3.05) is 31.6 Å². The van der Waals surface area contributed by atoms with E-state index in [1.165, 1.54) is 4.90 Å². The van der Waals surface area contributed by atoms with E-state index in [-0.39, 0.29) is 24.3 Å². The number of benzene rings is 2. The van der Waals surface area contributed by atoms with Crippen molar-refractivity contribution in [3.63, 3.8) is 0 Å². The Kier molecular flexibility index (Phi) is 7.07. The zero-order valence-electron chi connectivity index (χ0n) is 19.4. The minimum atomic E-state index is -0.303. The van der Waals surface area contributed by atoms with Crippen LogP contribution in [0.15, 0.2) is 48.7 Å². The first-order chi connectivity index (χ1) is 16.4. The van der Waals surface area contributed by atoms with Gasteiger partial charge < -0.3 is 19.7 Å². The molecule has 1 N–H and O–H groups in total. The van der Waals surface area contributed by atoms with Gasteiger partial charge in [-0.3, -0.25) is 9.59 Å². The summed E-state index contributed by atoms with van der Waals surface area (Å²) in [6.07, 6.45) is 1.56. The minimum absolute atomic E-state index is 0.0300. The maximum atomic E-state index is 13.4. The Balaban J connectivity index is 1.51. The van der Waals surface area contributed by atoms with Gasteiger partial charge >= 0.3 is 0 Å². The maximum Gasteiger partial charge on any atom is 0.257 e. The van der Waals surface area contributed by atoms with Crippen LogP contribution >= 0.6 is 11.6 Å². The molecular formula is C25H27ClN4O4. The highest BCUT2D eigenvalue weighted by molar-refractivity contribution is 6.30. The van der Waals surface area contributed by atoms with E-state index in [1.54, 1.807) is 41.2 Å². The van der Waals surface area contributed by atoms with Crippen LogP contribution in [-0.4, -0.2) is 52.8 Å². The average molecular weight is 483 g/mol. The van der Waals surface area contributed by atoms with E-state index < -0.39 is 0 Å². The molecule has 2 aromatic carbocycles. The Hall–Kier alpha value is -3.52. The van der Waals surface area contributed by atoms with Crippen LogP contribution < -0.4 is 14.8 Å². The van der Waals surface area contributed by atoms with Gasteiger partial charge in [0.1, 0.15) is 19.8 Å². The van der Waals surface area contributed by atoms with Crippen LogP contribution in [0.5, 0.6) is 11.5 Å². The molecule has 178 valence electrons. The van der Waals surface area contributed by atoms with Gasteiger partial charge in [-0.05, 0) is 49.2 Å². The summed E-state index contributed by atoms with van der Waals surface area (Å²) in [5, 5.41) is 7.92. The van der Waals surface area contributed by atoms with E-state index in [9.17, 15) is 9.59 Å². The van der Waals surface area contributed by atoms with Gasteiger partial charge in [-0.15, -0.1) is 0 Å². The molecule has 34 heavy (non-hydrogen) atoms. The van der Waals surface area contributed by atoms with E-state index in [4.69, 9.17) is 21.1 Å². The molecule has 2 heterocycles. The number of anilines is 1. The van der Waals surface area contributed by atoms with Gasteiger partial charge in [0.15, 0.2) is 11.5 Å². The van der Waals surface area contributed by atoms with Crippen LogP contribution in [0.1, 0.15) is 42.7 Å². The monoisotopic (exact) mass is 482 g/mol. The molecule has 0 spiro atoms. The van der Waals surface area contributed by atoms with Crippen molar-refractivity contribution in [2.45, 2.75) is 26.7 Å². The number of carbonyl (C=O) groups is 2. The van der Waals surface area contributed by atoms with Crippen LogP contribution in [0.3, 0.4) is 0 Å². The van der Waals surface area contributed by atoms with Crippen molar-refractivity contribution in [1.29, 1.82) is 0 Å². The van der Waals surface area contributed by atoms with Gasteiger partial charge in [-0.25, -0.2) is 4.68 Å². The van der Waals surface area contributed by atoms with Crippen LogP contribution in [-0.2, 0) is 4.79 Å². The highest BCUT2D eigenvalue weighted by atomic mass is 35.5. The molecule has 4 rings (SSSR count). The molecule has 0 saturated carbocycles. The normalized spacial score (nSPS) is 12.5. The summed E-state index contributed by atoms with van der Waals surface area (Å²) in [7, 11) is 0. The van der Waals surface area contributed by atoms with Crippen LogP contribution in [0.4, 0.5) is 5.69 Å². The summed E-state index contributed by atoms with van der Waals surface area (Å²) >= 11 is 6.02. The second-order valence-electron chi connectivity index (χ2n) is 8.21. The molecule has 0 aliphatic carbocycles. The Morgan fingerprint density at radius 1 is 1.12 bits per heavy atom. The zero-order chi connectivity index (χ0) is 24.2. The third-order valence-electron chi connectivity index (χ3n) is 5.48. The number of amides is 2. The minimum Gasteiger partial charge on any atom is -0.486 e. The molecule has 1 aliphatic heterocycles. The van der Waals surface area contributed by atoms with Crippen molar-refractivity contribution < 1.29 is 19.1 Å². The van der Waals surface area contributed by atoms with Gasteiger partial charge in [-0.2, -0.15) is 5.10 Å². The number of hydrogen-bond donors (Lipinski definition) is 1. The first-order valence-electron chi connectivity index (χ1n) is 11.2. The standard InChI is InChI=1S/C25H27ClN4O4/c1-4-29(15-23(31)28-18-7-10-21-22(13-18)34-12-11-33-21)25(32)20-14-27-30(24(20)16(2)3)19-8-5-17(26)6-9-19/h5-10,13-14,16H,4,11-12,15H2,1-3H3,(H,28,31). The fraction of sp³-hybridized carbons (Fsp3) is 0.320. The summed E-state index contributed by atoms with van der Waals surface area (Å²) in [6, 6.07) is 12.5. The molecular weight excluding hydrogens is 456 g/mol. The molecule has 0 bridgehead atoms. The number of likely N-dealkylation sites (N-methyl/N-ethyl adjacent to an activating group) is 1. The van der Waals surface area contributed by atoms with Gasteiger partial charge in [0.2, 0.25) is 5.91 Å².